The average Bonchev–Trinajstić information content (AvgIpc) is 2.85. The number of anilines is 2. The van der Waals surface area contributed by atoms with Crippen molar-refractivity contribution in [2.45, 2.75) is 6.92 Å². The van der Waals surface area contributed by atoms with Crippen LogP contribution >= 0.6 is 0 Å². The van der Waals surface area contributed by atoms with Gasteiger partial charge in [0.2, 0.25) is 0 Å². The molecule has 1 aromatic carbocycles. The molecule has 1 aliphatic rings. The maximum absolute atomic E-state index is 11.4. The fourth-order valence-electron chi connectivity index (χ4n) is 2.67. The molecule has 3 heterocycles. The van der Waals surface area contributed by atoms with E-state index < -0.39 is 0 Å². The van der Waals surface area contributed by atoms with Gasteiger partial charge in [0, 0.05) is 11.8 Å². The molecule has 0 spiro atoms. The molecule has 6 nitrogen and oxygen atoms in total. The number of hydrogen-bond acceptors (Lipinski definition) is 4. The van der Waals surface area contributed by atoms with Crippen LogP contribution < -0.4 is 15.8 Å². The van der Waals surface area contributed by atoms with Crippen molar-refractivity contribution in [2.75, 3.05) is 17.7 Å². The van der Waals surface area contributed by atoms with Crippen molar-refractivity contribution in [3.8, 4) is 17.0 Å². The summed E-state index contributed by atoms with van der Waals surface area (Å²) in [7, 11) is 0. The second-order valence-electron chi connectivity index (χ2n) is 5.28. The molecule has 6 heteroatoms. The summed E-state index contributed by atoms with van der Waals surface area (Å²) < 4.78 is 7.23. The van der Waals surface area contributed by atoms with Crippen LogP contribution in [-0.4, -0.2) is 21.9 Å². The minimum atomic E-state index is -0.163. The first-order valence-corrected chi connectivity index (χ1v) is 6.94. The molecule has 110 valence electrons. The zero-order chi connectivity index (χ0) is 15.3. The number of ether oxygens (including phenoxy) is 1. The number of aryl methyl sites for hydroxylation is 1. The summed E-state index contributed by atoms with van der Waals surface area (Å²) in [5.74, 6) is 1.06. The molecule has 0 aliphatic carbocycles. The van der Waals surface area contributed by atoms with Crippen molar-refractivity contribution in [3.63, 3.8) is 0 Å². The molecule has 0 saturated carbocycles. The lowest BCUT2D eigenvalue weighted by atomic mass is 10.1. The highest BCUT2D eigenvalue weighted by Gasteiger charge is 2.19. The van der Waals surface area contributed by atoms with Crippen LogP contribution in [-0.2, 0) is 4.79 Å². The van der Waals surface area contributed by atoms with Gasteiger partial charge in [0.05, 0.1) is 5.69 Å². The predicted octanol–water partition coefficient (Wildman–Crippen LogP) is 2.22. The molecule has 0 saturated heterocycles. The summed E-state index contributed by atoms with van der Waals surface area (Å²) in [5, 5.41) is 2.80. The van der Waals surface area contributed by atoms with Crippen LogP contribution in [0.15, 0.2) is 36.5 Å². The van der Waals surface area contributed by atoms with Gasteiger partial charge >= 0.3 is 0 Å². The number of aromatic nitrogens is 2. The highest BCUT2D eigenvalue weighted by molar-refractivity contribution is 5.96. The van der Waals surface area contributed by atoms with Gasteiger partial charge in [-0.25, -0.2) is 4.98 Å². The van der Waals surface area contributed by atoms with Gasteiger partial charge in [-0.15, -0.1) is 0 Å². The molecule has 3 N–H and O–H groups in total. The van der Waals surface area contributed by atoms with Crippen LogP contribution in [0, 0.1) is 6.92 Å². The van der Waals surface area contributed by atoms with Gasteiger partial charge in [0.1, 0.15) is 22.9 Å². The second kappa shape index (κ2) is 4.49. The molecule has 2 aromatic heterocycles. The Bertz CT molecular complexity index is 914. The van der Waals surface area contributed by atoms with E-state index >= 15 is 0 Å². The smallest absolute Gasteiger partial charge is 0.262 e. The molecule has 4 rings (SSSR count). The molecular weight excluding hydrogens is 280 g/mol. The summed E-state index contributed by atoms with van der Waals surface area (Å²) in [6.45, 7) is 2.04. The number of carbonyl (C=O) groups excluding carboxylic acids is 1. The molecular formula is C16H14N4O2. The van der Waals surface area contributed by atoms with Gasteiger partial charge in [0.25, 0.3) is 5.91 Å². The normalized spacial score (nSPS) is 13.6. The van der Waals surface area contributed by atoms with E-state index in [2.05, 4.69) is 10.3 Å². The van der Waals surface area contributed by atoms with Gasteiger partial charge in [-0.3, -0.25) is 9.20 Å². The zero-order valence-electron chi connectivity index (χ0n) is 12.0. The minimum absolute atomic E-state index is 0.0437. The van der Waals surface area contributed by atoms with Crippen LogP contribution in [0.5, 0.6) is 5.75 Å². The third-order valence-electron chi connectivity index (χ3n) is 3.77. The number of amides is 1. The van der Waals surface area contributed by atoms with E-state index in [9.17, 15) is 4.79 Å². The third-order valence-corrected chi connectivity index (χ3v) is 3.77. The van der Waals surface area contributed by atoms with E-state index in [4.69, 9.17) is 10.5 Å². The Morgan fingerprint density at radius 2 is 2.23 bits per heavy atom. The first kappa shape index (κ1) is 12.7. The SMILES string of the molecule is Cc1cccn2c(N)c(-c3ccc4c(c3)NC(=O)CO4)nc12. The summed E-state index contributed by atoms with van der Waals surface area (Å²) in [6, 6.07) is 9.47. The van der Waals surface area contributed by atoms with Crippen molar-refractivity contribution >= 4 is 23.1 Å². The fraction of sp³-hybridized carbons (Fsp3) is 0.125. The number of imidazole rings is 1. The first-order chi connectivity index (χ1) is 10.6. The highest BCUT2D eigenvalue weighted by Crippen LogP contribution is 2.34. The van der Waals surface area contributed by atoms with Gasteiger partial charge in [-0.2, -0.15) is 0 Å². The molecule has 0 bridgehead atoms. The summed E-state index contributed by atoms with van der Waals surface area (Å²) in [5.41, 5.74) is 10.3. The quantitative estimate of drug-likeness (QED) is 0.721. The summed E-state index contributed by atoms with van der Waals surface area (Å²) >= 11 is 0. The van der Waals surface area contributed by atoms with Crippen molar-refractivity contribution in [1.29, 1.82) is 0 Å². The number of nitrogens with one attached hydrogen (secondary N) is 1. The Balaban J connectivity index is 1.89. The van der Waals surface area contributed by atoms with Crippen LogP contribution in [0.4, 0.5) is 11.5 Å². The number of benzene rings is 1. The number of carbonyl (C=O) groups is 1. The van der Waals surface area contributed by atoms with Crippen molar-refractivity contribution < 1.29 is 9.53 Å². The maximum Gasteiger partial charge on any atom is 0.262 e. The van der Waals surface area contributed by atoms with E-state index in [1.807, 2.05) is 47.9 Å². The Labute approximate surface area is 126 Å². The molecule has 0 atom stereocenters. The summed E-state index contributed by atoms with van der Waals surface area (Å²) in [4.78, 5) is 16.1. The van der Waals surface area contributed by atoms with Crippen LogP contribution in [0.3, 0.4) is 0 Å². The van der Waals surface area contributed by atoms with Crippen LogP contribution in [0.25, 0.3) is 16.9 Å². The number of rotatable bonds is 1. The van der Waals surface area contributed by atoms with E-state index in [0.29, 0.717) is 22.9 Å². The molecule has 0 fully saturated rings. The van der Waals surface area contributed by atoms with Crippen LogP contribution in [0.1, 0.15) is 5.56 Å². The van der Waals surface area contributed by atoms with Crippen molar-refractivity contribution in [2.24, 2.45) is 0 Å². The lowest BCUT2D eigenvalue weighted by Gasteiger charge is -2.18. The van der Waals surface area contributed by atoms with Crippen LogP contribution in [0.2, 0.25) is 0 Å². The van der Waals surface area contributed by atoms with Crippen molar-refractivity contribution in [1.82, 2.24) is 9.38 Å². The average molecular weight is 294 g/mol. The highest BCUT2D eigenvalue weighted by atomic mass is 16.5. The molecule has 22 heavy (non-hydrogen) atoms. The van der Waals surface area contributed by atoms with E-state index in [0.717, 1.165) is 16.8 Å². The van der Waals surface area contributed by atoms with Gasteiger partial charge < -0.3 is 15.8 Å². The molecule has 0 unspecified atom stereocenters. The first-order valence-electron chi connectivity index (χ1n) is 6.94. The Morgan fingerprint density at radius 3 is 3.05 bits per heavy atom. The van der Waals surface area contributed by atoms with Gasteiger partial charge in [0.15, 0.2) is 6.61 Å². The van der Waals surface area contributed by atoms with E-state index in [1.54, 1.807) is 0 Å². The number of fused-ring (bicyclic) bond motifs is 2. The predicted molar refractivity (Wildman–Crippen MR) is 83.9 cm³/mol. The third kappa shape index (κ3) is 1.81. The Hall–Kier alpha value is -3.02. The number of nitrogens with two attached hydrogens (primary N) is 1. The molecule has 0 radical (unpaired) electrons. The number of nitrogen functional groups attached to an aromatic ring is 1. The Kier molecular flexibility index (Phi) is 2.59. The number of nitrogens with zero attached hydrogens (tertiary/aromatic N) is 2. The summed E-state index contributed by atoms with van der Waals surface area (Å²) in [6.07, 6.45) is 1.89. The number of pyridine rings is 1. The lowest BCUT2D eigenvalue weighted by Crippen LogP contribution is -2.25. The standard InChI is InChI=1S/C16H14N4O2/c1-9-3-2-6-20-15(17)14(19-16(9)20)10-4-5-12-11(7-10)18-13(21)8-22-12/h2-7H,8,17H2,1H3,(H,18,21). The zero-order valence-corrected chi connectivity index (χ0v) is 12.0. The van der Waals surface area contributed by atoms with Gasteiger partial charge in [-0.1, -0.05) is 6.07 Å². The fourth-order valence-corrected chi connectivity index (χ4v) is 2.67. The van der Waals surface area contributed by atoms with Crippen molar-refractivity contribution in [3.05, 3.63) is 42.1 Å². The minimum Gasteiger partial charge on any atom is -0.482 e. The molecule has 3 aromatic rings. The topological polar surface area (TPSA) is 81.7 Å². The number of hydrogen-bond donors (Lipinski definition) is 2. The molecule has 1 amide bonds. The maximum atomic E-state index is 11.4. The van der Waals surface area contributed by atoms with Gasteiger partial charge in [-0.05, 0) is 36.8 Å². The second-order valence-corrected chi connectivity index (χ2v) is 5.28. The largest absolute Gasteiger partial charge is 0.482 e. The lowest BCUT2D eigenvalue weighted by molar-refractivity contribution is -0.118. The Morgan fingerprint density at radius 1 is 1.36 bits per heavy atom. The molecule has 1 aliphatic heterocycles. The monoisotopic (exact) mass is 294 g/mol. The van der Waals surface area contributed by atoms with E-state index in [1.165, 1.54) is 0 Å². The van der Waals surface area contributed by atoms with E-state index in [-0.39, 0.29) is 12.5 Å².